The Morgan fingerprint density at radius 1 is 1.21 bits per heavy atom. The fourth-order valence-corrected chi connectivity index (χ4v) is 1.31. The number of nitrogens with zero attached hydrogens (tertiary/aromatic N) is 4. The second-order valence-electron chi connectivity index (χ2n) is 4.74. The van der Waals surface area contributed by atoms with E-state index in [-0.39, 0.29) is 23.8 Å². The average Bonchev–Trinajstić information content (AvgIpc) is 2.26. The second kappa shape index (κ2) is 6.17. The van der Waals surface area contributed by atoms with Crippen molar-refractivity contribution in [2.24, 2.45) is 0 Å². The highest BCUT2D eigenvalue weighted by Crippen LogP contribution is 2.09. The van der Waals surface area contributed by atoms with Gasteiger partial charge >= 0.3 is 0 Å². The molecule has 1 aromatic heterocycles. The molecule has 1 amide bonds. The van der Waals surface area contributed by atoms with E-state index in [0.717, 1.165) is 0 Å². The zero-order valence-electron chi connectivity index (χ0n) is 11.9. The maximum atomic E-state index is 11.8. The molecule has 4 N–H and O–H groups in total. The number of amides is 1. The van der Waals surface area contributed by atoms with Crippen LogP contribution in [0, 0.1) is 0 Å². The minimum absolute atomic E-state index is 0.0810. The Labute approximate surface area is 112 Å². The van der Waals surface area contributed by atoms with Crippen LogP contribution in [0.4, 0.5) is 17.8 Å². The summed E-state index contributed by atoms with van der Waals surface area (Å²) >= 11 is 0. The van der Waals surface area contributed by atoms with E-state index in [0.29, 0.717) is 5.95 Å². The Morgan fingerprint density at radius 3 is 2.37 bits per heavy atom. The van der Waals surface area contributed by atoms with Crippen molar-refractivity contribution >= 4 is 23.8 Å². The molecule has 0 fully saturated rings. The number of rotatable bonds is 5. The van der Waals surface area contributed by atoms with Crippen molar-refractivity contribution < 1.29 is 4.79 Å². The monoisotopic (exact) mass is 267 g/mol. The molecule has 0 aliphatic carbocycles. The number of nitrogens with one attached hydrogen (secondary N) is 2. The highest BCUT2D eigenvalue weighted by Gasteiger charge is 2.15. The Morgan fingerprint density at radius 2 is 1.84 bits per heavy atom. The van der Waals surface area contributed by atoms with Crippen LogP contribution in [-0.4, -0.2) is 47.0 Å². The molecule has 0 bridgehead atoms. The van der Waals surface area contributed by atoms with Crippen LogP contribution in [0.25, 0.3) is 0 Å². The van der Waals surface area contributed by atoms with E-state index in [1.54, 1.807) is 25.9 Å². The summed E-state index contributed by atoms with van der Waals surface area (Å²) in [6.45, 7) is 5.53. The number of hydrogen-bond acceptors (Lipinski definition) is 7. The maximum Gasteiger partial charge on any atom is 0.242 e. The SMILES string of the molecule is CC(C)NC(=O)C(C)Nc1nc(N)nc(N(C)C)n1. The van der Waals surface area contributed by atoms with Gasteiger partial charge in [0.25, 0.3) is 0 Å². The summed E-state index contributed by atoms with van der Waals surface area (Å²) in [7, 11) is 3.60. The molecule has 0 radical (unpaired) electrons. The van der Waals surface area contributed by atoms with E-state index in [9.17, 15) is 4.79 Å². The second-order valence-corrected chi connectivity index (χ2v) is 4.74. The summed E-state index contributed by atoms with van der Waals surface area (Å²) < 4.78 is 0. The van der Waals surface area contributed by atoms with Gasteiger partial charge in [0.15, 0.2) is 0 Å². The lowest BCUT2D eigenvalue weighted by molar-refractivity contribution is -0.122. The van der Waals surface area contributed by atoms with Gasteiger partial charge in [0, 0.05) is 20.1 Å². The first-order valence-corrected chi connectivity index (χ1v) is 6.05. The van der Waals surface area contributed by atoms with Crippen molar-refractivity contribution in [2.75, 3.05) is 30.0 Å². The number of nitrogen functional groups attached to an aromatic ring is 1. The fraction of sp³-hybridized carbons (Fsp3) is 0.636. The summed E-state index contributed by atoms with van der Waals surface area (Å²) in [5.41, 5.74) is 5.60. The van der Waals surface area contributed by atoms with Gasteiger partial charge in [-0.25, -0.2) is 0 Å². The molecule has 1 atom stereocenters. The predicted octanol–water partition coefficient (Wildman–Crippen LogP) is -0.155. The Bertz CT molecular complexity index is 447. The lowest BCUT2D eigenvalue weighted by Crippen LogP contribution is -2.41. The molecule has 1 aromatic rings. The molecular weight excluding hydrogens is 246 g/mol. The Hall–Kier alpha value is -2.12. The number of carbonyl (C=O) groups excluding carboxylic acids is 1. The fourth-order valence-electron chi connectivity index (χ4n) is 1.31. The molecule has 0 spiro atoms. The quantitative estimate of drug-likeness (QED) is 0.680. The van der Waals surface area contributed by atoms with Crippen molar-refractivity contribution in [3.05, 3.63) is 0 Å². The first kappa shape index (κ1) is 14.9. The summed E-state index contributed by atoms with van der Waals surface area (Å²) in [4.78, 5) is 25.6. The van der Waals surface area contributed by atoms with Gasteiger partial charge in [0.05, 0.1) is 0 Å². The van der Waals surface area contributed by atoms with Crippen LogP contribution in [-0.2, 0) is 4.79 Å². The van der Waals surface area contributed by atoms with E-state index in [2.05, 4.69) is 25.6 Å². The van der Waals surface area contributed by atoms with Crippen molar-refractivity contribution in [3.63, 3.8) is 0 Å². The Balaban J connectivity index is 2.79. The number of anilines is 3. The lowest BCUT2D eigenvalue weighted by Gasteiger charge is -2.17. The smallest absolute Gasteiger partial charge is 0.242 e. The van der Waals surface area contributed by atoms with Crippen LogP contribution in [0.1, 0.15) is 20.8 Å². The highest BCUT2D eigenvalue weighted by atomic mass is 16.2. The third-order valence-electron chi connectivity index (χ3n) is 2.21. The van der Waals surface area contributed by atoms with E-state index in [1.165, 1.54) is 0 Å². The molecule has 0 saturated heterocycles. The molecule has 19 heavy (non-hydrogen) atoms. The van der Waals surface area contributed by atoms with Crippen molar-refractivity contribution in [3.8, 4) is 0 Å². The first-order chi connectivity index (χ1) is 8.79. The van der Waals surface area contributed by atoms with Gasteiger partial charge in [0.2, 0.25) is 23.8 Å². The normalized spacial score (nSPS) is 12.1. The highest BCUT2D eigenvalue weighted by molar-refractivity contribution is 5.83. The number of hydrogen-bond donors (Lipinski definition) is 3. The Kier molecular flexibility index (Phi) is 4.85. The number of nitrogens with two attached hydrogens (primary N) is 1. The third-order valence-corrected chi connectivity index (χ3v) is 2.21. The maximum absolute atomic E-state index is 11.8. The largest absolute Gasteiger partial charge is 0.368 e. The van der Waals surface area contributed by atoms with Gasteiger partial charge in [0.1, 0.15) is 6.04 Å². The molecule has 106 valence electrons. The van der Waals surface area contributed by atoms with Crippen LogP contribution in [0.15, 0.2) is 0 Å². The van der Waals surface area contributed by atoms with Crippen molar-refractivity contribution in [2.45, 2.75) is 32.9 Å². The summed E-state index contributed by atoms with van der Waals surface area (Å²) in [6.07, 6.45) is 0. The molecule has 8 nitrogen and oxygen atoms in total. The van der Waals surface area contributed by atoms with Crippen LogP contribution >= 0.6 is 0 Å². The molecular formula is C11H21N7O. The van der Waals surface area contributed by atoms with Crippen LogP contribution in [0.5, 0.6) is 0 Å². The molecule has 0 aromatic carbocycles. The minimum Gasteiger partial charge on any atom is -0.368 e. The van der Waals surface area contributed by atoms with E-state index in [1.807, 2.05) is 13.8 Å². The van der Waals surface area contributed by atoms with Gasteiger partial charge < -0.3 is 21.3 Å². The molecule has 8 heteroatoms. The molecule has 1 heterocycles. The van der Waals surface area contributed by atoms with Gasteiger partial charge in [-0.2, -0.15) is 15.0 Å². The predicted molar refractivity (Wildman–Crippen MR) is 74.9 cm³/mol. The summed E-state index contributed by atoms with van der Waals surface area (Å²) in [5, 5.41) is 5.70. The van der Waals surface area contributed by atoms with E-state index < -0.39 is 6.04 Å². The number of carbonyl (C=O) groups is 1. The zero-order valence-corrected chi connectivity index (χ0v) is 11.9. The van der Waals surface area contributed by atoms with Crippen molar-refractivity contribution in [1.29, 1.82) is 0 Å². The lowest BCUT2D eigenvalue weighted by atomic mass is 10.3. The standard InChI is InChI=1S/C11H21N7O/c1-6(2)13-8(19)7(3)14-10-15-9(12)16-11(17-10)18(4)5/h6-7H,1-5H3,(H,13,19)(H3,12,14,15,16,17). The van der Waals surface area contributed by atoms with Crippen LogP contribution < -0.4 is 21.3 Å². The average molecular weight is 267 g/mol. The van der Waals surface area contributed by atoms with Crippen molar-refractivity contribution in [1.82, 2.24) is 20.3 Å². The zero-order chi connectivity index (χ0) is 14.6. The third kappa shape index (κ3) is 4.57. The molecule has 0 aliphatic heterocycles. The molecule has 0 aliphatic rings. The molecule has 1 rings (SSSR count). The topological polar surface area (TPSA) is 109 Å². The van der Waals surface area contributed by atoms with E-state index in [4.69, 9.17) is 5.73 Å². The van der Waals surface area contributed by atoms with Gasteiger partial charge in [-0.05, 0) is 20.8 Å². The van der Waals surface area contributed by atoms with Gasteiger partial charge in [-0.1, -0.05) is 0 Å². The first-order valence-electron chi connectivity index (χ1n) is 6.05. The van der Waals surface area contributed by atoms with Gasteiger partial charge in [-0.3, -0.25) is 4.79 Å². The molecule has 1 unspecified atom stereocenters. The minimum atomic E-state index is -0.459. The summed E-state index contributed by atoms with van der Waals surface area (Å²) in [6, 6.07) is -0.378. The van der Waals surface area contributed by atoms with Crippen LogP contribution in [0.2, 0.25) is 0 Å². The number of aromatic nitrogens is 3. The molecule has 0 saturated carbocycles. The van der Waals surface area contributed by atoms with Crippen LogP contribution in [0.3, 0.4) is 0 Å². The summed E-state index contributed by atoms with van der Waals surface area (Å²) in [5.74, 6) is 0.701. The van der Waals surface area contributed by atoms with E-state index >= 15 is 0 Å². The van der Waals surface area contributed by atoms with Gasteiger partial charge in [-0.15, -0.1) is 0 Å².